The lowest BCUT2D eigenvalue weighted by Gasteiger charge is -2.46. The van der Waals surface area contributed by atoms with Crippen molar-refractivity contribution in [1.82, 2.24) is 20.0 Å². The number of nitrogens with zero attached hydrogens (tertiary/aromatic N) is 5. The molecule has 3 heterocycles. The molecule has 10 heteroatoms. The molecule has 0 bridgehead atoms. The molecule has 1 amide bonds. The fourth-order valence-corrected chi connectivity index (χ4v) is 3.45. The van der Waals surface area contributed by atoms with Gasteiger partial charge in [0.1, 0.15) is 12.4 Å². The number of rotatable bonds is 3. The van der Waals surface area contributed by atoms with Gasteiger partial charge in [0, 0.05) is 25.8 Å². The number of aliphatic hydroxyl groups is 1. The van der Waals surface area contributed by atoms with Crippen molar-refractivity contribution in [2.75, 3.05) is 24.5 Å². The van der Waals surface area contributed by atoms with Crippen LogP contribution in [0.25, 0.3) is 11.5 Å². The van der Waals surface area contributed by atoms with Crippen LogP contribution in [0.4, 0.5) is 10.6 Å². The average molecular weight is 396 g/mol. The highest BCUT2D eigenvalue weighted by Crippen LogP contribution is 2.33. The lowest BCUT2D eigenvalue weighted by atomic mass is 9.84. The molecule has 1 aliphatic rings. The van der Waals surface area contributed by atoms with Crippen LogP contribution in [-0.2, 0) is 6.61 Å². The first-order valence-corrected chi connectivity index (χ1v) is 8.92. The maximum Gasteiger partial charge on any atom is 0.407 e. The number of carboxylic acid groups (broad SMARTS) is 1. The molecule has 3 rings (SSSR count). The Hall–Kier alpha value is -2.39. The molecule has 0 aromatic carbocycles. The van der Waals surface area contributed by atoms with E-state index in [4.69, 9.17) is 21.2 Å². The second kappa shape index (κ2) is 7.32. The van der Waals surface area contributed by atoms with E-state index in [1.54, 1.807) is 12.3 Å². The minimum absolute atomic E-state index is 0.183. The van der Waals surface area contributed by atoms with Crippen molar-refractivity contribution in [3.8, 4) is 11.5 Å². The van der Waals surface area contributed by atoms with Crippen molar-refractivity contribution in [1.29, 1.82) is 0 Å². The van der Waals surface area contributed by atoms with Crippen LogP contribution in [-0.4, -0.2) is 62.0 Å². The topological polar surface area (TPSA) is 116 Å². The number of anilines is 1. The van der Waals surface area contributed by atoms with E-state index in [0.29, 0.717) is 36.0 Å². The summed E-state index contributed by atoms with van der Waals surface area (Å²) in [5, 5.41) is 22.6. The van der Waals surface area contributed by atoms with Crippen LogP contribution >= 0.6 is 11.6 Å². The van der Waals surface area contributed by atoms with Gasteiger partial charge in [-0.3, -0.25) is 0 Å². The highest BCUT2D eigenvalue weighted by atomic mass is 35.5. The van der Waals surface area contributed by atoms with Crippen molar-refractivity contribution >= 4 is 23.5 Å². The molecule has 0 saturated carbocycles. The lowest BCUT2D eigenvalue weighted by Crippen LogP contribution is -2.59. The first-order chi connectivity index (χ1) is 12.7. The van der Waals surface area contributed by atoms with Crippen LogP contribution in [0, 0.1) is 5.41 Å². The Bertz CT molecular complexity index is 835. The molecule has 2 N–H and O–H groups in total. The molecule has 0 radical (unpaired) electrons. The summed E-state index contributed by atoms with van der Waals surface area (Å²) < 4.78 is 5.08. The molecule has 0 aliphatic carbocycles. The number of hydrogen-bond acceptors (Lipinski definition) is 7. The SMILES string of the molecule is CC(C)(C)C1CN(c2ncc(-c3nc(CO)no3)cc2Cl)CCN1C(=O)O. The van der Waals surface area contributed by atoms with Crippen molar-refractivity contribution < 1.29 is 19.5 Å². The Labute approximate surface area is 161 Å². The van der Waals surface area contributed by atoms with Gasteiger partial charge in [0.05, 0.1) is 16.6 Å². The van der Waals surface area contributed by atoms with Crippen molar-refractivity contribution in [2.24, 2.45) is 5.41 Å². The van der Waals surface area contributed by atoms with E-state index in [-0.39, 0.29) is 29.8 Å². The first-order valence-electron chi connectivity index (χ1n) is 8.54. The Morgan fingerprint density at radius 2 is 2.15 bits per heavy atom. The van der Waals surface area contributed by atoms with Gasteiger partial charge in [0.15, 0.2) is 5.82 Å². The van der Waals surface area contributed by atoms with Gasteiger partial charge >= 0.3 is 6.09 Å². The third-order valence-corrected chi connectivity index (χ3v) is 4.88. The largest absolute Gasteiger partial charge is 0.465 e. The fourth-order valence-electron chi connectivity index (χ4n) is 3.16. The summed E-state index contributed by atoms with van der Waals surface area (Å²) in [6.45, 7) is 7.11. The minimum Gasteiger partial charge on any atom is -0.465 e. The van der Waals surface area contributed by atoms with Gasteiger partial charge in [-0.2, -0.15) is 4.98 Å². The monoisotopic (exact) mass is 395 g/mol. The molecule has 1 fully saturated rings. The molecule has 0 spiro atoms. The Balaban J connectivity index is 1.85. The van der Waals surface area contributed by atoms with E-state index < -0.39 is 6.09 Å². The molecule has 1 unspecified atom stereocenters. The van der Waals surface area contributed by atoms with Gasteiger partial charge < -0.3 is 24.5 Å². The molecule has 9 nitrogen and oxygen atoms in total. The zero-order chi connectivity index (χ0) is 19.8. The molecular weight excluding hydrogens is 374 g/mol. The number of halogens is 1. The predicted octanol–water partition coefficient (Wildman–Crippen LogP) is 2.49. The van der Waals surface area contributed by atoms with Gasteiger partial charge in [-0.25, -0.2) is 9.78 Å². The molecular formula is C17H22ClN5O4. The standard InChI is InChI=1S/C17H22ClN5O4/c1-17(2,3)12-8-22(4-5-23(12)16(25)26)14-11(18)6-10(7-19-14)15-20-13(9-24)21-27-15/h6-7,12,24H,4-5,8-9H2,1-3H3,(H,25,26). The summed E-state index contributed by atoms with van der Waals surface area (Å²) in [5.41, 5.74) is 0.320. The van der Waals surface area contributed by atoms with Crippen LogP contribution in [0.3, 0.4) is 0 Å². The molecule has 1 aliphatic heterocycles. The van der Waals surface area contributed by atoms with Crippen molar-refractivity contribution in [3.63, 3.8) is 0 Å². The van der Waals surface area contributed by atoms with Crippen LogP contribution in [0.2, 0.25) is 5.02 Å². The number of pyridine rings is 1. The van der Waals surface area contributed by atoms with Gasteiger partial charge in [0.25, 0.3) is 5.89 Å². The quantitative estimate of drug-likeness (QED) is 0.814. The van der Waals surface area contributed by atoms with Crippen LogP contribution in [0.1, 0.15) is 26.6 Å². The van der Waals surface area contributed by atoms with Crippen LogP contribution in [0.15, 0.2) is 16.8 Å². The summed E-state index contributed by atoms with van der Waals surface area (Å²) in [7, 11) is 0. The normalized spacial score (nSPS) is 18.0. The second-order valence-electron chi connectivity index (χ2n) is 7.51. The summed E-state index contributed by atoms with van der Waals surface area (Å²) in [4.78, 5) is 23.5. The Morgan fingerprint density at radius 1 is 1.41 bits per heavy atom. The summed E-state index contributed by atoms with van der Waals surface area (Å²) >= 11 is 6.44. The van der Waals surface area contributed by atoms with Crippen LogP contribution in [0.5, 0.6) is 0 Å². The number of carbonyl (C=O) groups is 1. The van der Waals surface area contributed by atoms with E-state index in [2.05, 4.69) is 15.1 Å². The van der Waals surface area contributed by atoms with Gasteiger partial charge in [-0.1, -0.05) is 37.5 Å². The van der Waals surface area contributed by atoms with E-state index in [1.165, 1.54) is 4.90 Å². The van der Waals surface area contributed by atoms with Crippen molar-refractivity contribution in [2.45, 2.75) is 33.4 Å². The lowest BCUT2D eigenvalue weighted by molar-refractivity contribution is 0.0747. The summed E-state index contributed by atoms with van der Waals surface area (Å²) in [6, 6.07) is 1.48. The zero-order valence-electron chi connectivity index (χ0n) is 15.4. The average Bonchev–Trinajstić information content (AvgIpc) is 3.09. The number of aromatic nitrogens is 3. The zero-order valence-corrected chi connectivity index (χ0v) is 16.1. The van der Waals surface area contributed by atoms with E-state index >= 15 is 0 Å². The minimum atomic E-state index is -0.917. The van der Waals surface area contributed by atoms with E-state index in [1.807, 2.05) is 25.7 Å². The summed E-state index contributed by atoms with van der Waals surface area (Å²) in [6.07, 6.45) is 0.658. The number of hydrogen-bond donors (Lipinski definition) is 2. The van der Waals surface area contributed by atoms with E-state index in [0.717, 1.165) is 0 Å². The van der Waals surface area contributed by atoms with E-state index in [9.17, 15) is 9.90 Å². The molecule has 1 saturated heterocycles. The fraction of sp³-hybridized carbons (Fsp3) is 0.529. The maximum atomic E-state index is 11.6. The second-order valence-corrected chi connectivity index (χ2v) is 7.91. The summed E-state index contributed by atoms with van der Waals surface area (Å²) in [5.74, 6) is 0.993. The maximum absolute atomic E-state index is 11.6. The van der Waals surface area contributed by atoms with Gasteiger partial charge in [-0.15, -0.1) is 0 Å². The van der Waals surface area contributed by atoms with Gasteiger partial charge in [0.2, 0.25) is 0 Å². The smallest absolute Gasteiger partial charge is 0.407 e. The molecule has 2 aromatic rings. The van der Waals surface area contributed by atoms with Crippen LogP contribution < -0.4 is 4.90 Å². The Kier molecular flexibility index (Phi) is 5.25. The molecule has 146 valence electrons. The molecule has 2 aromatic heterocycles. The number of amides is 1. The molecule has 27 heavy (non-hydrogen) atoms. The van der Waals surface area contributed by atoms with Gasteiger partial charge in [-0.05, 0) is 11.5 Å². The number of piperazine rings is 1. The third kappa shape index (κ3) is 3.98. The first kappa shape index (κ1) is 19.4. The molecule has 1 atom stereocenters. The number of aliphatic hydroxyl groups excluding tert-OH is 1. The van der Waals surface area contributed by atoms with Crippen molar-refractivity contribution in [3.05, 3.63) is 23.1 Å². The highest BCUT2D eigenvalue weighted by molar-refractivity contribution is 6.33. The predicted molar refractivity (Wildman–Crippen MR) is 98.6 cm³/mol. The Morgan fingerprint density at radius 3 is 2.70 bits per heavy atom. The highest BCUT2D eigenvalue weighted by Gasteiger charge is 2.38. The third-order valence-electron chi connectivity index (χ3n) is 4.60.